The molecule has 1 N–H and O–H groups in total. The fourth-order valence-electron chi connectivity index (χ4n) is 1.15. The zero-order valence-electron chi connectivity index (χ0n) is 9.14. The van der Waals surface area contributed by atoms with Crippen LogP contribution in [-0.2, 0) is 11.3 Å². The van der Waals surface area contributed by atoms with Crippen LogP contribution in [0.5, 0.6) is 0 Å². The highest BCUT2D eigenvalue weighted by Gasteiger charge is 2.10. The third-order valence-electron chi connectivity index (χ3n) is 1.98. The molecule has 0 saturated carbocycles. The van der Waals surface area contributed by atoms with Crippen molar-refractivity contribution in [2.24, 2.45) is 4.99 Å². The maximum atomic E-state index is 13.2. The van der Waals surface area contributed by atoms with Gasteiger partial charge in [-0.1, -0.05) is 0 Å². The van der Waals surface area contributed by atoms with Gasteiger partial charge in [-0.15, -0.1) is 0 Å². The lowest BCUT2D eigenvalue weighted by molar-refractivity contribution is 0.286. The van der Waals surface area contributed by atoms with Crippen molar-refractivity contribution < 1.29 is 17.9 Å². The first-order chi connectivity index (χ1) is 8.08. The van der Waals surface area contributed by atoms with Gasteiger partial charge in [0.25, 0.3) is 0 Å². The van der Waals surface area contributed by atoms with Crippen LogP contribution >= 0.6 is 0 Å². The number of hydrogen-bond acceptors (Lipinski definition) is 3. The van der Waals surface area contributed by atoms with E-state index in [0.29, 0.717) is 12.1 Å². The van der Waals surface area contributed by atoms with E-state index >= 15 is 0 Å². The minimum Gasteiger partial charge on any atom is -0.480 e. The van der Waals surface area contributed by atoms with Crippen LogP contribution in [0.1, 0.15) is 5.56 Å². The van der Waals surface area contributed by atoms with Gasteiger partial charge in [0.1, 0.15) is 17.5 Å². The van der Waals surface area contributed by atoms with E-state index in [0.717, 1.165) is 0 Å². The summed E-state index contributed by atoms with van der Waals surface area (Å²) in [5.41, 5.74) is -0.262. The summed E-state index contributed by atoms with van der Waals surface area (Å²) in [4.78, 5) is 3.48. The Labute approximate surface area is 96.6 Å². The van der Waals surface area contributed by atoms with Crippen LogP contribution in [0.2, 0.25) is 0 Å². The summed E-state index contributed by atoms with van der Waals surface area (Å²) in [6, 6.07) is 1.24. The number of rotatable bonds is 5. The molecule has 1 aromatic rings. The van der Waals surface area contributed by atoms with E-state index in [1.54, 1.807) is 0 Å². The van der Waals surface area contributed by atoms with E-state index in [1.165, 1.54) is 13.3 Å². The normalized spacial score (nSPS) is 11.2. The summed E-state index contributed by atoms with van der Waals surface area (Å²) < 4.78 is 43.7. The van der Waals surface area contributed by atoms with Gasteiger partial charge < -0.3 is 10.1 Å². The molecule has 0 aliphatic rings. The molecule has 92 valence electrons. The molecule has 0 fully saturated rings. The standard InChI is InChI=1S/C11H11F3N2O/c1-15-11(17-2)6-16-5-8-9(13)3-7(12)4-10(8)14/h3-4,6,16H,1,5H2,2H3/b11-6-. The topological polar surface area (TPSA) is 33.6 Å². The molecule has 0 radical (unpaired) electrons. The molecule has 0 heterocycles. The van der Waals surface area contributed by atoms with E-state index in [1.807, 2.05) is 0 Å². The third-order valence-corrected chi connectivity index (χ3v) is 1.98. The van der Waals surface area contributed by atoms with Gasteiger partial charge in [0, 0.05) is 24.2 Å². The lowest BCUT2D eigenvalue weighted by atomic mass is 10.2. The summed E-state index contributed by atoms with van der Waals surface area (Å²) in [6.45, 7) is 3.07. The smallest absolute Gasteiger partial charge is 0.228 e. The average Bonchev–Trinajstić information content (AvgIpc) is 2.27. The second-order valence-electron chi connectivity index (χ2n) is 3.07. The van der Waals surface area contributed by atoms with Crippen molar-refractivity contribution in [3.8, 4) is 0 Å². The molecular formula is C11H11F3N2O. The molecule has 1 aromatic carbocycles. The Hall–Kier alpha value is -1.98. The Kier molecular flexibility index (Phi) is 4.56. The molecule has 0 unspecified atom stereocenters. The lowest BCUT2D eigenvalue weighted by Crippen LogP contribution is -2.10. The molecule has 6 heteroatoms. The zero-order chi connectivity index (χ0) is 12.8. The molecule has 0 aromatic heterocycles. The van der Waals surface area contributed by atoms with Crippen molar-refractivity contribution in [3.05, 3.63) is 47.2 Å². The first-order valence-electron chi connectivity index (χ1n) is 4.66. The molecule has 0 aliphatic carbocycles. The fourth-order valence-corrected chi connectivity index (χ4v) is 1.15. The zero-order valence-corrected chi connectivity index (χ0v) is 9.14. The van der Waals surface area contributed by atoms with Gasteiger partial charge in [0.2, 0.25) is 5.88 Å². The number of hydrogen-bond donors (Lipinski definition) is 1. The second-order valence-corrected chi connectivity index (χ2v) is 3.07. The van der Waals surface area contributed by atoms with Crippen LogP contribution in [0.15, 0.2) is 29.2 Å². The van der Waals surface area contributed by atoms with Gasteiger partial charge >= 0.3 is 0 Å². The van der Waals surface area contributed by atoms with E-state index in [2.05, 4.69) is 17.0 Å². The highest BCUT2D eigenvalue weighted by atomic mass is 19.1. The number of benzene rings is 1. The first kappa shape index (κ1) is 13.1. The van der Waals surface area contributed by atoms with Crippen molar-refractivity contribution in [2.75, 3.05) is 7.11 Å². The van der Waals surface area contributed by atoms with Crippen LogP contribution in [0, 0.1) is 17.5 Å². The van der Waals surface area contributed by atoms with E-state index in [9.17, 15) is 13.2 Å². The Balaban J connectivity index is 2.76. The second kappa shape index (κ2) is 5.93. The summed E-state index contributed by atoms with van der Waals surface area (Å²) in [5.74, 6) is -2.68. The Morgan fingerprint density at radius 1 is 1.41 bits per heavy atom. The first-order valence-corrected chi connectivity index (χ1v) is 4.66. The maximum Gasteiger partial charge on any atom is 0.228 e. The van der Waals surface area contributed by atoms with Gasteiger partial charge in [-0.3, -0.25) is 0 Å². The highest BCUT2D eigenvalue weighted by Crippen LogP contribution is 2.14. The lowest BCUT2D eigenvalue weighted by Gasteiger charge is -2.06. The highest BCUT2D eigenvalue weighted by molar-refractivity contribution is 5.27. The molecular weight excluding hydrogens is 233 g/mol. The molecule has 0 spiro atoms. The SMILES string of the molecule is C=N/C(=C/NCc1c(F)cc(F)cc1F)OC. The van der Waals surface area contributed by atoms with E-state index in [4.69, 9.17) is 4.74 Å². The summed E-state index contributed by atoms with van der Waals surface area (Å²) in [6.07, 6.45) is 1.30. The van der Waals surface area contributed by atoms with Gasteiger partial charge in [0.15, 0.2) is 0 Å². The number of aliphatic imine (C=N–C) groups is 1. The molecule has 3 nitrogen and oxygen atoms in total. The van der Waals surface area contributed by atoms with Crippen LogP contribution in [0.25, 0.3) is 0 Å². The Morgan fingerprint density at radius 3 is 2.47 bits per heavy atom. The number of nitrogens with zero attached hydrogens (tertiary/aromatic N) is 1. The quantitative estimate of drug-likeness (QED) is 0.637. The number of methoxy groups -OCH3 is 1. The van der Waals surface area contributed by atoms with E-state index in [-0.39, 0.29) is 18.0 Å². The van der Waals surface area contributed by atoms with Crippen molar-refractivity contribution in [2.45, 2.75) is 6.54 Å². The van der Waals surface area contributed by atoms with Crippen LogP contribution in [0.3, 0.4) is 0 Å². The molecule has 17 heavy (non-hydrogen) atoms. The molecule has 0 aliphatic heterocycles. The number of nitrogens with one attached hydrogen (secondary N) is 1. The van der Waals surface area contributed by atoms with Gasteiger partial charge in [-0.2, -0.15) is 0 Å². The van der Waals surface area contributed by atoms with Gasteiger partial charge in [-0.05, 0) is 6.72 Å². The molecule has 0 saturated heterocycles. The predicted octanol–water partition coefficient (Wildman–Crippen LogP) is 2.34. The third kappa shape index (κ3) is 3.51. The van der Waals surface area contributed by atoms with E-state index < -0.39 is 17.5 Å². The molecule has 1 rings (SSSR count). The van der Waals surface area contributed by atoms with Crippen LogP contribution in [0.4, 0.5) is 13.2 Å². The summed E-state index contributed by atoms with van der Waals surface area (Å²) in [5, 5.41) is 2.58. The van der Waals surface area contributed by atoms with Gasteiger partial charge in [0.05, 0.1) is 13.3 Å². The van der Waals surface area contributed by atoms with Crippen molar-refractivity contribution in [1.29, 1.82) is 0 Å². The largest absolute Gasteiger partial charge is 0.480 e. The van der Waals surface area contributed by atoms with Crippen LogP contribution in [-0.4, -0.2) is 13.8 Å². The summed E-state index contributed by atoms with van der Waals surface area (Å²) in [7, 11) is 1.38. The van der Waals surface area contributed by atoms with Gasteiger partial charge in [-0.25, -0.2) is 18.2 Å². The maximum absolute atomic E-state index is 13.2. The predicted molar refractivity (Wildman–Crippen MR) is 57.8 cm³/mol. The fraction of sp³-hybridized carbons (Fsp3) is 0.182. The van der Waals surface area contributed by atoms with Crippen LogP contribution < -0.4 is 5.32 Å². The Bertz CT molecular complexity index is 423. The van der Waals surface area contributed by atoms with Crippen molar-refractivity contribution in [3.63, 3.8) is 0 Å². The molecule has 0 amide bonds. The van der Waals surface area contributed by atoms with Crippen molar-refractivity contribution in [1.82, 2.24) is 5.32 Å². The summed E-state index contributed by atoms with van der Waals surface area (Å²) >= 11 is 0. The monoisotopic (exact) mass is 244 g/mol. The number of ether oxygens (including phenoxy) is 1. The number of halogens is 3. The van der Waals surface area contributed by atoms with Crippen molar-refractivity contribution >= 4 is 6.72 Å². The average molecular weight is 244 g/mol. The molecule has 0 bridgehead atoms. The molecule has 0 atom stereocenters. The minimum atomic E-state index is -0.954. The Morgan fingerprint density at radius 2 is 2.00 bits per heavy atom. The minimum absolute atomic E-state index is 0.152.